The van der Waals surface area contributed by atoms with Gasteiger partial charge in [0.05, 0.1) is 10.5 Å². The van der Waals surface area contributed by atoms with Crippen LogP contribution >= 0.6 is 0 Å². The summed E-state index contributed by atoms with van der Waals surface area (Å²) in [5, 5.41) is 16.7. The van der Waals surface area contributed by atoms with E-state index in [2.05, 4.69) is 10.6 Å². The van der Waals surface area contributed by atoms with E-state index in [1.165, 1.54) is 18.6 Å². The molecule has 0 bridgehead atoms. The summed E-state index contributed by atoms with van der Waals surface area (Å²) in [4.78, 5) is 22.6. The van der Waals surface area contributed by atoms with E-state index in [0.717, 1.165) is 25.7 Å². The second-order valence-electron chi connectivity index (χ2n) is 5.05. The Balaban J connectivity index is 2.18. The number of anilines is 1. The van der Waals surface area contributed by atoms with Gasteiger partial charge in [0.15, 0.2) is 0 Å². The number of carbonyl (C=O) groups excluding carboxylic acids is 1. The van der Waals surface area contributed by atoms with Crippen LogP contribution in [-0.4, -0.2) is 23.9 Å². The Bertz CT molecular complexity index is 510. The van der Waals surface area contributed by atoms with Crippen LogP contribution in [0.5, 0.6) is 0 Å². The van der Waals surface area contributed by atoms with Crippen LogP contribution in [0, 0.1) is 10.1 Å². The van der Waals surface area contributed by atoms with Gasteiger partial charge in [-0.3, -0.25) is 14.9 Å². The van der Waals surface area contributed by atoms with Crippen molar-refractivity contribution in [1.29, 1.82) is 0 Å². The fourth-order valence-electron chi connectivity index (χ4n) is 2.56. The average Bonchev–Trinajstić information content (AvgIpc) is 2.47. The molecule has 0 atom stereocenters. The van der Waals surface area contributed by atoms with Crippen molar-refractivity contribution in [2.45, 2.75) is 38.1 Å². The first-order valence-electron chi connectivity index (χ1n) is 6.89. The summed E-state index contributed by atoms with van der Waals surface area (Å²) < 4.78 is 0. The first-order valence-corrected chi connectivity index (χ1v) is 6.89. The molecule has 0 aliphatic heterocycles. The Hall–Kier alpha value is -2.11. The number of non-ortho nitro benzene ring substituents is 1. The van der Waals surface area contributed by atoms with E-state index in [-0.39, 0.29) is 17.6 Å². The quantitative estimate of drug-likeness (QED) is 0.654. The lowest BCUT2D eigenvalue weighted by atomic mass is 9.95. The Labute approximate surface area is 117 Å². The molecule has 0 aromatic heterocycles. The molecule has 1 aliphatic carbocycles. The molecule has 1 amide bonds. The third-order valence-corrected chi connectivity index (χ3v) is 3.67. The minimum absolute atomic E-state index is 0.0715. The van der Waals surface area contributed by atoms with E-state index in [9.17, 15) is 14.9 Å². The van der Waals surface area contributed by atoms with Crippen LogP contribution in [0.4, 0.5) is 11.4 Å². The van der Waals surface area contributed by atoms with Crippen LogP contribution in [0.25, 0.3) is 0 Å². The van der Waals surface area contributed by atoms with Crippen molar-refractivity contribution in [2.24, 2.45) is 0 Å². The Morgan fingerprint density at radius 3 is 2.60 bits per heavy atom. The SMILES string of the molecule is CNc1ccc([N+](=O)[O-])cc1C(=O)NC1CCCCC1. The maximum Gasteiger partial charge on any atom is 0.270 e. The first-order chi connectivity index (χ1) is 9.61. The standard InChI is InChI=1S/C14H19N3O3/c1-15-13-8-7-11(17(19)20)9-12(13)14(18)16-10-5-3-2-4-6-10/h7-10,15H,2-6H2,1H3,(H,16,18). The summed E-state index contributed by atoms with van der Waals surface area (Å²) in [6.45, 7) is 0. The molecule has 2 N–H and O–H groups in total. The number of nitro groups is 1. The molecule has 6 heteroatoms. The molecule has 0 unspecified atom stereocenters. The smallest absolute Gasteiger partial charge is 0.270 e. The molecule has 0 saturated heterocycles. The van der Waals surface area contributed by atoms with Gasteiger partial charge in [0.2, 0.25) is 0 Å². The van der Waals surface area contributed by atoms with Crippen LogP contribution in [0.1, 0.15) is 42.5 Å². The fourth-order valence-corrected chi connectivity index (χ4v) is 2.56. The zero-order valence-corrected chi connectivity index (χ0v) is 11.5. The van der Waals surface area contributed by atoms with E-state index in [1.807, 2.05) is 0 Å². The lowest BCUT2D eigenvalue weighted by molar-refractivity contribution is -0.384. The summed E-state index contributed by atoms with van der Waals surface area (Å²) >= 11 is 0. The van der Waals surface area contributed by atoms with Gasteiger partial charge in [0, 0.05) is 30.9 Å². The van der Waals surface area contributed by atoms with Gasteiger partial charge in [0.1, 0.15) is 0 Å². The van der Waals surface area contributed by atoms with Gasteiger partial charge in [0.25, 0.3) is 11.6 Å². The zero-order valence-electron chi connectivity index (χ0n) is 11.5. The van der Waals surface area contributed by atoms with Gasteiger partial charge in [-0.05, 0) is 18.9 Å². The van der Waals surface area contributed by atoms with Crippen molar-refractivity contribution in [3.63, 3.8) is 0 Å². The van der Waals surface area contributed by atoms with E-state index in [1.54, 1.807) is 13.1 Å². The number of nitro benzene ring substituents is 1. The van der Waals surface area contributed by atoms with Gasteiger partial charge < -0.3 is 10.6 Å². The number of nitrogens with zero attached hydrogens (tertiary/aromatic N) is 1. The van der Waals surface area contributed by atoms with E-state index < -0.39 is 4.92 Å². The number of carbonyl (C=O) groups is 1. The number of hydrogen-bond donors (Lipinski definition) is 2. The second-order valence-corrected chi connectivity index (χ2v) is 5.05. The van der Waals surface area contributed by atoms with E-state index >= 15 is 0 Å². The maximum absolute atomic E-state index is 12.3. The molecular weight excluding hydrogens is 258 g/mol. The monoisotopic (exact) mass is 277 g/mol. The van der Waals surface area contributed by atoms with Crippen LogP contribution in [0.3, 0.4) is 0 Å². The summed E-state index contributed by atoms with van der Waals surface area (Å²) in [7, 11) is 1.69. The fraction of sp³-hybridized carbons (Fsp3) is 0.500. The summed E-state index contributed by atoms with van der Waals surface area (Å²) in [5.74, 6) is -0.245. The van der Waals surface area contributed by atoms with Crippen molar-refractivity contribution >= 4 is 17.3 Å². The Kier molecular flexibility index (Phi) is 4.55. The molecule has 0 heterocycles. The number of nitrogens with one attached hydrogen (secondary N) is 2. The van der Waals surface area contributed by atoms with Crippen molar-refractivity contribution in [3.05, 3.63) is 33.9 Å². The molecule has 1 fully saturated rings. The molecular formula is C14H19N3O3. The third-order valence-electron chi connectivity index (χ3n) is 3.67. The molecule has 108 valence electrons. The summed E-state index contributed by atoms with van der Waals surface area (Å²) in [5.41, 5.74) is 0.856. The minimum Gasteiger partial charge on any atom is -0.387 e. The summed E-state index contributed by atoms with van der Waals surface area (Å²) in [6, 6.07) is 4.46. The largest absolute Gasteiger partial charge is 0.387 e. The van der Waals surface area contributed by atoms with Crippen LogP contribution < -0.4 is 10.6 Å². The van der Waals surface area contributed by atoms with Gasteiger partial charge in [-0.1, -0.05) is 19.3 Å². The highest BCUT2D eigenvalue weighted by Crippen LogP contribution is 2.23. The van der Waals surface area contributed by atoms with Crippen molar-refractivity contribution in [1.82, 2.24) is 5.32 Å². The van der Waals surface area contributed by atoms with Crippen molar-refractivity contribution < 1.29 is 9.72 Å². The normalized spacial score (nSPS) is 15.7. The molecule has 0 radical (unpaired) electrons. The van der Waals surface area contributed by atoms with Gasteiger partial charge in [-0.2, -0.15) is 0 Å². The molecule has 20 heavy (non-hydrogen) atoms. The minimum atomic E-state index is -0.489. The average molecular weight is 277 g/mol. The molecule has 6 nitrogen and oxygen atoms in total. The number of benzene rings is 1. The lowest BCUT2D eigenvalue weighted by Crippen LogP contribution is -2.36. The van der Waals surface area contributed by atoms with Gasteiger partial charge in [-0.15, -0.1) is 0 Å². The van der Waals surface area contributed by atoms with Gasteiger partial charge >= 0.3 is 0 Å². The first kappa shape index (κ1) is 14.3. The molecule has 1 saturated carbocycles. The van der Waals surface area contributed by atoms with Crippen molar-refractivity contribution in [2.75, 3.05) is 12.4 Å². The lowest BCUT2D eigenvalue weighted by Gasteiger charge is -2.23. The number of hydrogen-bond acceptors (Lipinski definition) is 4. The molecule has 2 rings (SSSR count). The zero-order chi connectivity index (χ0) is 14.5. The predicted octanol–water partition coefficient (Wildman–Crippen LogP) is 2.70. The highest BCUT2D eigenvalue weighted by Gasteiger charge is 2.20. The Morgan fingerprint density at radius 1 is 1.30 bits per heavy atom. The topological polar surface area (TPSA) is 84.3 Å². The molecule has 1 aromatic rings. The molecule has 1 aromatic carbocycles. The van der Waals surface area contributed by atoms with Crippen molar-refractivity contribution in [3.8, 4) is 0 Å². The predicted molar refractivity (Wildman–Crippen MR) is 77.0 cm³/mol. The maximum atomic E-state index is 12.3. The number of rotatable bonds is 4. The van der Waals surface area contributed by atoms with Crippen LogP contribution in [-0.2, 0) is 0 Å². The molecule has 0 spiro atoms. The van der Waals surface area contributed by atoms with E-state index in [0.29, 0.717) is 11.3 Å². The van der Waals surface area contributed by atoms with Crippen LogP contribution in [0.2, 0.25) is 0 Å². The third kappa shape index (κ3) is 3.26. The summed E-state index contributed by atoms with van der Waals surface area (Å²) in [6.07, 6.45) is 5.42. The molecule has 1 aliphatic rings. The highest BCUT2D eigenvalue weighted by molar-refractivity contribution is 6.00. The van der Waals surface area contributed by atoms with Crippen LogP contribution in [0.15, 0.2) is 18.2 Å². The highest BCUT2D eigenvalue weighted by atomic mass is 16.6. The van der Waals surface area contributed by atoms with Gasteiger partial charge in [-0.25, -0.2) is 0 Å². The number of amides is 1. The Morgan fingerprint density at radius 2 is 2.00 bits per heavy atom. The second kappa shape index (κ2) is 6.36. The van der Waals surface area contributed by atoms with E-state index in [4.69, 9.17) is 0 Å².